The standard InChI is InChI=1S/C21H25ClN2O/c1-14(2)13-17-5-7-18(8-6-17)15(3)21(25)24-23-16(4)19-9-11-20(22)12-10-19/h5-12,14-15H,13H2,1-4H3,(H,24,25)/b23-16+. The minimum Gasteiger partial charge on any atom is -0.272 e. The van der Waals surface area contributed by atoms with Gasteiger partial charge in [0.05, 0.1) is 11.6 Å². The molecule has 0 heterocycles. The summed E-state index contributed by atoms with van der Waals surface area (Å²) in [6.07, 6.45) is 1.05. The summed E-state index contributed by atoms with van der Waals surface area (Å²) in [6.45, 7) is 8.14. The van der Waals surface area contributed by atoms with Crippen LogP contribution in [-0.2, 0) is 11.2 Å². The van der Waals surface area contributed by atoms with Crippen molar-refractivity contribution in [2.45, 2.75) is 40.0 Å². The van der Waals surface area contributed by atoms with Gasteiger partial charge in [0, 0.05) is 5.02 Å². The molecule has 2 aromatic carbocycles. The minimum atomic E-state index is -0.255. The highest BCUT2D eigenvalue weighted by Crippen LogP contribution is 2.18. The van der Waals surface area contributed by atoms with Crippen molar-refractivity contribution in [1.82, 2.24) is 5.43 Å². The summed E-state index contributed by atoms with van der Waals surface area (Å²) in [7, 11) is 0. The number of nitrogens with one attached hydrogen (secondary N) is 1. The summed E-state index contributed by atoms with van der Waals surface area (Å²) < 4.78 is 0. The van der Waals surface area contributed by atoms with E-state index < -0.39 is 0 Å². The monoisotopic (exact) mass is 356 g/mol. The number of hydrogen-bond donors (Lipinski definition) is 1. The molecule has 0 saturated carbocycles. The molecule has 0 aliphatic heterocycles. The molecule has 1 unspecified atom stereocenters. The number of hydrazone groups is 1. The highest BCUT2D eigenvalue weighted by atomic mass is 35.5. The molecule has 0 aliphatic rings. The van der Waals surface area contributed by atoms with Crippen LogP contribution in [0.4, 0.5) is 0 Å². The van der Waals surface area contributed by atoms with Gasteiger partial charge in [0.25, 0.3) is 0 Å². The number of halogens is 1. The lowest BCUT2D eigenvalue weighted by molar-refractivity contribution is -0.122. The zero-order valence-electron chi connectivity index (χ0n) is 15.2. The topological polar surface area (TPSA) is 41.5 Å². The Morgan fingerprint density at radius 2 is 1.64 bits per heavy atom. The molecule has 1 amide bonds. The average Bonchev–Trinajstić information content (AvgIpc) is 2.59. The molecule has 4 heteroatoms. The van der Waals surface area contributed by atoms with Crippen molar-refractivity contribution < 1.29 is 4.79 Å². The van der Waals surface area contributed by atoms with Gasteiger partial charge in [-0.2, -0.15) is 5.10 Å². The first kappa shape index (κ1) is 19.2. The normalized spacial score (nSPS) is 13.0. The number of rotatable bonds is 6. The molecule has 0 bridgehead atoms. The first-order valence-corrected chi connectivity index (χ1v) is 8.93. The van der Waals surface area contributed by atoms with Gasteiger partial charge >= 0.3 is 0 Å². The van der Waals surface area contributed by atoms with Crippen molar-refractivity contribution in [1.29, 1.82) is 0 Å². The molecule has 1 atom stereocenters. The van der Waals surface area contributed by atoms with E-state index in [1.54, 1.807) is 12.1 Å². The summed E-state index contributed by atoms with van der Waals surface area (Å²) in [5.41, 5.74) is 6.61. The fourth-order valence-electron chi connectivity index (χ4n) is 2.56. The van der Waals surface area contributed by atoms with E-state index in [2.05, 4.69) is 36.5 Å². The van der Waals surface area contributed by atoms with E-state index in [0.29, 0.717) is 10.9 Å². The van der Waals surface area contributed by atoms with Gasteiger partial charge < -0.3 is 0 Å². The molecule has 3 nitrogen and oxygen atoms in total. The molecule has 0 aliphatic carbocycles. The van der Waals surface area contributed by atoms with Crippen molar-refractivity contribution in [3.8, 4) is 0 Å². The maximum atomic E-state index is 12.4. The van der Waals surface area contributed by atoms with Gasteiger partial charge in [0.1, 0.15) is 0 Å². The van der Waals surface area contributed by atoms with Gasteiger partial charge in [-0.1, -0.05) is 61.8 Å². The Kier molecular flexibility index (Phi) is 6.77. The second-order valence-corrected chi connectivity index (χ2v) is 7.18. The van der Waals surface area contributed by atoms with Crippen molar-refractivity contribution >= 4 is 23.2 Å². The van der Waals surface area contributed by atoms with Crippen LogP contribution < -0.4 is 5.43 Å². The maximum absolute atomic E-state index is 12.4. The van der Waals surface area contributed by atoms with Crippen molar-refractivity contribution in [2.75, 3.05) is 0 Å². The SMILES string of the molecule is C/C(=N\NC(=O)C(C)c1ccc(CC(C)C)cc1)c1ccc(Cl)cc1. The van der Waals surface area contributed by atoms with Crippen molar-refractivity contribution in [2.24, 2.45) is 11.0 Å². The third kappa shape index (κ3) is 5.71. The zero-order valence-corrected chi connectivity index (χ0v) is 16.0. The first-order chi connectivity index (χ1) is 11.9. The molecule has 0 radical (unpaired) electrons. The summed E-state index contributed by atoms with van der Waals surface area (Å²) >= 11 is 5.88. The molecular weight excluding hydrogens is 332 g/mol. The van der Waals surface area contributed by atoms with E-state index in [4.69, 9.17) is 11.6 Å². The van der Waals surface area contributed by atoms with Gasteiger partial charge in [0.15, 0.2) is 0 Å². The van der Waals surface area contributed by atoms with Crippen LogP contribution in [0.1, 0.15) is 50.3 Å². The minimum absolute atomic E-state index is 0.120. The Morgan fingerprint density at radius 3 is 2.20 bits per heavy atom. The first-order valence-electron chi connectivity index (χ1n) is 8.55. The van der Waals surface area contributed by atoms with E-state index in [-0.39, 0.29) is 11.8 Å². The van der Waals surface area contributed by atoms with E-state index >= 15 is 0 Å². The van der Waals surface area contributed by atoms with Crippen molar-refractivity contribution in [3.05, 3.63) is 70.2 Å². The lowest BCUT2D eigenvalue weighted by atomic mass is 9.96. The molecule has 2 rings (SSSR count). The quantitative estimate of drug-likeness (QED) is 0.562. The second kappa shape index (κ2) is 8.82. The van der Waals surface area contributed by atoms with Gasteiger partial charge in [0.2, 0.25) is 5.91 Å². The van der Waals surface area contributed by atoms with Crippen molar-refractivity contribution in [3.63, 3.8) is 0 Å². The molecule has 0 saturated heterocycles. The smallest absolute Gasteiger partial charge is 0.247 e. The predicted octanol–water partition coefficient (Wildman–Crippen LogP) is 5.18. The average molecular weight is 357 g/mol. The number of amides is 1. The second-order valence-electron chi connectivity index (χ2n) is 6.74. The summed E-state index contributed by atoms with van der Waals surface area (Å²) in [6, 6.07) is 15.6. The third-order valence-electron chi connectivity index (χ3n) is 4.11. The molecule has 0 fully saturated rings. The van der Waals surface area contributed by atoms with Gasteiger partial charge in [-0.05, 0) is 55.0 Å². The third-order valence-corrected chi connectivity index (χ3v) is 4.36. The number of benzene rings is 2. The number of nitrogens with zero attached hydrogens (tertiary/aromatic N) is 1. The Bertz CT molecular complexity index is 733. The van der Waals surface area contributed by atoms with E-state index in [1.165, 1.54) is 5.56 Å². The van der Waals surface area contributed by atoms with Crippen LogP contribution in [0.15, 0.2) is 53.6 Å². The number of carbonyl (C=O) groups is 1. The predicted molar refractivity (Wildman–Crippen MR) is 105 cm³/mol. The molecule has 2 aromatic rings. The molecule has 0 spiro atoms. The van der Waals surface area contributed by atoms with Crippen LogP contribution >= 0.6 is 11.6 Å². The number of hydrogen-bond acceptors (Lipinski definition) is 2. The van der Waals surface area contributed by atoms with Crippen LogP contribution in [0.2, 0.25) is 5.02 Å². The lowest BCUT2D eigenvalue weighted by Crippen LogP contribution is -2.24. The van der Waals surface area contributed by atoms with Crippen LogP contribution in [-0.4, -0.2) is 11.6 Å². The van der Waals surface area contributed by atoms with Gasteiger partial charge in [-0.15, -0.1) is 0 Å². The summed E-state index contributed by atoms with van der Waals surface area (Å²) in [5, 5.41) is 4.88. The summed E-state index contributed by atoms with van der Waals surface area (Å²) in [4.78, 5) is 12.4. The zero-order chi connectivity index (χ0) is 18.4. The summed E-state index contributed by atoms with van der Waals surface area (Å²) in [5.74, 6) is 0.247. The molecular formula is C21H25ClN2O. The molecule has 25 heavy (non-hydrogen) atoms. The Hall–Kier alpha value is -2.13. The van der Waals surface area contributed by atoms with Gasteiger partial charge in [-0.3, -0.25) is 4.79 Å². The fraction of sp³-hybridized carbons (Fsp3) is 0.333. The Labute approximate surface area is 155 Å². The molecule has 1 N–H and O–H groups in total. The maximum Gasteiger partial charge on any atom is 0.247 e. The van der Waals surface area contributed by atoms with Crippen LogP contribution in [0.3, 0.4) is 0 Å². The van der Waals surface area contributed by atoms with E-state index in [1.807, 2.05) is 38.1 Å². The van der Waals surface area contributed by atoms with E-state index in [0.717, 1.165) is 23.3 Å². The highest BCUT2D eigenvalue weighted by Gasteiger charge is 2.15. The Morgan fingerprint density at radius 1 is 1.04 bits per heavy atom. The highest BCUT2D eigenvalue weighted by molar-refractivity contribution is 6.30. The molecule has 132 valence electrons. The van der Waals surface area contributed by atoms with Crippen LogP contribution in [0.25, 0.3) is 0 Å². The fourth-order valence-corrected chi connectivity index (χ4v) is 2.68. The lowest BCUT2D eigenvalue weighted by Gasteiger charge is -2.12. The van der Waals surface area contributed by atoms with Crippen LogP contribution in [0, 0.1) is 5.92 Å². The van der Waals surface area contributed by atoms with E-state index in [9.17, 15) is 4.79 Å². The number of carbonyl (C=O) groups excluding carboxylic acids is 1. The Balaban J connectivity index is 1.99. The van der Waals surface area contributed by atoms with Gasteiger partial charge in [-0.25, -0.2) is 5.43 Å². The largest absolute Gasteiger partial charge is 0.272 e. The molecule has 0 aromatic heterocycles. The van der Waals surface area contributed by atoms with Crippen LogP contribution in [0.5, 0.6) is 0 Å².